The molecule has 96 valence electrons. The van der Waals surface area contributed by atoms with Crippen molar-refractivity contribution in [1.29, 1.82) is 0 Å². The highest BCUT2D eigenvalue weighted by Crippen LogP contribution is 2.16. The van der Waals surface area contributed by atoms with Crippen LogP contribution in [0.3, 0.4) is 0 Å². The van der Waals surface area contributed by atoms with Crippen LogP contribution in [-0.2, 0) is 16.0 Å². The average molecular weight is 312 g/mol. The molecule has 5 heteroatoms. The van der Waals surface area contributed by atoms with Crippen LogP contribution in [0.4, 0.5) is 0 Å². The highest BCUT2D eigenvalue weighted by Gasteiger charge is 2.01. The molecule has 0 aliphatic rings. The average Bonchev–Trinajstić information content (AvgIpc) is 2.31. The molecule has 0 aromatic heterocycles. The standard InChI is InChI=1S/C13H14BrNO3/c1-9-2-3-11(14)8-10(9)6-7-15-12(16)4-5-13(17)18/h2-5,8H,6-7H2,1H3,(H,15,16)(H,17,18)/b5-4+. The molecule has 0 radical (unpaired) electrons. The second-order valence-electron chi connectivity index (χ2n) is 3.78. The summed E-state index contributed by atoms with van der Waals surface area (Å²) in [5.74, 6) is -1.53. The fraction of sp³-hybridized carbons (Fsp3) is 0.231. The van der Waals surface area contributed by atoms with E-state index in [1.165, 1.54) is 0 Å². The van der Waals surface area contributed by atoms with Crippen molar-refractivity contribution in [2.45, 2.75) is 13.3 Å². The molecule has 1 aromatic carbocycles. The van der Waals surface area contributed by atoms with E-state index >= 15 is 0 Å². The third-order valence-electron chi connectivity index (χ3n) is 2.38. The molecule has 0 heterocycles. The molecule has 0 spiro atoms. The first-order valence-corrected chi connectivity index (χ1v) is 6.22. The fourth-order valence-electron chi connectivity index (χ4n) is 1.44. The van der Waals surface area contributed by atoms with Gasteiger partial charge in [0, 0.05) is 23.2 Å². The van der Waals surface area contributed by atoms with Gasteiger partial charge in [0.05, 0.1) is 0 Å². The maximum atomic E-state index is 11.2. The van der Waals surface area contributed by atoms with Crippen molar-refractivity contribution in [1.82, 2.24) is 5.32 Å². The molecule has 0 saturated carbocycles. The van der Waals surface area contributed by atoms with Gasteiger partial charge in [0.25, 0.3) is 0 Å². The van der Waals surface area contributed by atoms with Crippen molar-refractivity contribution >= 4 is 27.8 Å². The van der Waals surface area contributed by atoms with Crippen molar-refractivity contribution in [3.63, 3.8) is 0 Å². The lowest BCUT2D eigenvalue weighted by atomic mass is 10.1. The van der Waals surface area contributed by atoms with Crippen molar-refractivity contribution in [2.75, 3.05) is 6.54 Å². The molecule has 18 heavy (non-hydrogen) atoms. The van der Waals surface area contributed by atoms with Gasteiger partial charge in [-0.2, -0.15) is 0 Å². The summed E-state index contributed by atoms with van der Waals surface area (Å²) in [5, 5.41) is 11.0. The Morgan fingerprint density at radius 2 is 2.11 bits per heavy atom. The molecule has 4 nitrogen and oxygen atoms in total. The molecule has 0 saturated heterocycles. The summed E-state index contributed by atoms with van der Waals surface area (Å²) >= 11 is 3.39. The first-order valence-electron chi connectivity index (χ1n) is 5.43. The number of carbonyl (C=O) groups excluding carboxylic acids is 1. The second-order valence-corrected chi connectivity index (χ2v) is 4.70. The monoisotopic (exact) mass is 311 g/mol. The Bertz CT molecular complexity index is 483. The number of carboxylic acids is 1. The molecule has 1 aromatic rings. The van der Waals surface area contributed by atoms with Crippen molar-refractivity contribution in [2.24, 2.45) is 0 Å². The number of hydrogen-bond acceptors (Lipinski definition) is 2. The van der Waals surface area contributed by atoms with Crippen LogP contribution in [0.5, 0.6) is 0 Å². The molecular weight excluding hydrogens is 298 g/mol. The van der Waals surface area contributed by atoms with Gasteiger partial charge >= 0.3 is 5.97 Å². The molecule has 1 amide bonds. The number of benzene rings is 1. The number of carbonyl (C=O) groups is 2. The summed E-state index contributed by atoms with van der Waals surface area (Å²) in [6.45, 7) is 2.48. The number of aliphatic carboxylic acids is 1. The zero-order valence-corrected chi connectivity index (χ0v) is 11.5. The number of nitrogens with one attached hydrogen (secondary N) is 1. The van der Waals surface area contributed by atoms with Gasteiger partial charge in [-0.3, -0.25) is 4.79 Å². The molecule has 1 rings (SSSR count). The number of halogens is 1. The number of aryl methyl sites for hydroxylation is 1. The molecule has 0 bridgehead atoms. The molecule has 0 fully saturated rings. The Morgan fingerprint density at radius 3 is 2.78 bits per heavy atom. The molecule has 0 unspecified atom stereocenters. The predicted molar refractivity (Wildman–Crippen MR) is 72.4 cm³/mol. The SMILES string of the molecule is Cc1ccc(Br)cc1CCNC(=O)/C=C/C(=O)O. The van der Waals surface area contributed by atoms with E-state index in [-0.39, 0.29) is 0 Å². The Morgan fingerprint density at radius 1 is 1.39 bits per heavy atom. The predicted octanol–water partition coefficient (Wildman–Crippen LogP) is 2.06. The summed E-state index contributed by atoms with van der Waals surface area (Å²) < 4.78 is 1.00. The van der Waals surface area contributed by atoms with E-state index in [0.29, 0.717) is 13.0 Å². The van der Waals surface area contributed by atoms with Gasteiger partial charge in [0.15, 0.2) is 0 Å². The third-order valence-corrected chi connectivity index (χ3v) is 2.88. The van der Waals surface area contributed by atoms with Gasteiger partial charge in [-0.1, -0.05) is 22.0 Å². The molecule has 0 aliphatic carbocycles. The second kappa shape index (κ2) is 6.96. The number of hydrogen-bond donors (Lipinski definition) is 2. The van der Waals surface area contributed by atoms with Crippen molar-refractivity contribution in [3.05, 3.63) is 46.0 Å². The van der Waals surface area contributed by atoms with E-state index in [4.69, 9.17) is 5.11 Å². The third kappa shape index (κ3) is 5.14. The smallest absolute Gasteiger partial charge is 0.328 e. The van der Waals surface area contributed by atoms with Crippen LogP contribution in [0.1, 0.15) is 11.1 Å². The van der Waals surface area contributed by atoms with Gasteiger partial charge in [-0.15, -0.1) is 0 Å². The zero-order chi connectivity index (χ0) is 13.5. The topological polar surface area (TPSA) is 66.4 Å². The summed E-state index contributed by atoms with van der Waals surface area (Å²) in [5.41, 5.74) is 2.31. The lowest BCUT2D eigenvalue weighted by Crippen LogP contribution is -2.24. The summed E-state index contributed by atoms with van der Waals surface area (Å²) in [7, 11) is 0. The summed E-state index contributed by atoms with van der Waals surface area (Å²) in [6.07, 6.45) is 2.54. The minimum absolute atomic E-state index is 0.398. The van der Waals surface area contributed by atoms with E-state index in [1.54, 1.807) is 0 Å². The lowest BCUT2D eigenvalue weighted by molar-refractivity contribution is -0.131. The molecule has 2 N–H and O–H groups in total. The highest BCUT2D eigenvalue weighted by atomic mass is 79.9. The molecule has 0 aliphatic heterocycles. The molecule has 0 atom stereocenters. The van der Waals surface area contributed by atoms with E-state index < -0.39 is 11.9 Å². The summed E-state index contributed by atoms with van der Waals surface area (Å²) in [6, 6.07) is 5.98. The highest BCUT2D eigenvalue weighted by molar-refractivity contribution is 9.10. The van der Waals surface area contributed by atoms with E-state index in [1.807, 2.05) is 25.1 Å². The minimum Gasteiger partial charge on any atom is -0.478 e. The van der Waals surface area contributed by atoms with Crippen molar-refractivity contribution in [3.8, 4) is 0 Å². The maximum absolute atomic E-state index is 11.2. The van der Waals surface area contributed by atoms with Gasteiger partial charge < -0.3 is 10.4 Å². The van der Waals surface area contributed by atoms with E-state index in [0.717, 1.165) is 27.8 Å². The van der Waals surface area contributed by atoms with Gasteiger partial charge in [0.1, 0.15) is 0 Å². The number of carboxylic acid groups (broad SMARTS) is 1. The largest absolute Gasteiger partial charge is 0.478 e. The van der Waals surface area contributed by atoms with Gasteiger partial charge in [-0.25, -0.2) is 4.79 Å². The minimum atomic E-state index is -1.13. The quantitative estimate of drug-likeness (QED) is 0.818. The van der Waals surface area contributed by atoms with Gasteiger partial charge in [0.2, 0.25) is 5.91 Å². The van der Waals surface area contributed by atoms with Crippen LogP contribution in [0.15, 0.2) is 34.8 Å². The number of amides is 1. The Hall–Kier alpha value is -1.62. The van der Waals surface area contributed by atoms with E-state index in [2.05, 4.69) is 21.2 Å². The Balaban J connectivity index is 2.44. The van der Waals surface area contributed by atoms with Crippen LogP contribution >= 0.6 is 15.9 Å². The Kier molecular flexibility index (Phi) is 5.58. The van der Waals surface area contributed by atoms with Crippen LogP contribution in [0.25, 0.3) is 0 Å². The Labute approximate surface area is 114 Å². The van der Waals surface area contributed by atoms with Gasteiger partial charge in [-0.05, 0) is 36.6 Å². The maximum Gasteiger partial charge on any atom is 0.328 e. The first kappa shape index (κ1) is 14.4. The van der Waals surface area contributed by atoms with Crippen LogP contribution in [0, 0.1) is 6.92 Å². The molecular formula is C13H14BrNO3. The first-order chi connectivity index (χ1) is 8.49. The zero-order valence-electron chi connectivity index (χ0n) is 9.94. The normalized spacial score (nSPS) is 10.6. The fourth-order valence-corrected chi connectivity index (χ4v) is 1.84. The van der Waals surface area contributed by atoms with Crippen molar-refractivity contribution < 1.29 is 14.7 Å². The van der Waals surface area contributed by atoms with E-state index in [9.17, 15) is 9.59 Å². The lowest BCUT2D eigenvalue weighted by Gasteiger charge is -2.06. The number of rotatable bonds is 5. The summed E-state index contributed by atoms with van der Waals surface area (Å²) in [4.78, 5) is 21.4. The van der Waals surface area contributed by atoms with Crippen LogP contribution in [-0.4, -0.2) is 23.5 Å². The van der Waals surface area contributed by atoms with Crippen LogP contribution in [0.2, 0.25) is 0 Å². The van der Waals surface area contributed by atoms with Crippen LogP contribution < -0.4 is 5.32 Å².